The van der Waals surface area contributed by atoms with Crippen molar-refractivity contribution < 1.29 is 29.0 Å². The Morgan fingerprint density at radius 3 is 2.53 bits per heavy atom. The molecule has 2 unspecified atom stereocenters. The van der Waals surface area contributed by atoms with E-state index in [9.17, 15) is 14.2 Å². The molecule has 0 aromatic carbocycles. The Hall–Kier alpha value is -0.750. The first-order valence-corrected chi connectivity index (χ1v) is 6.98. The fraction of sp³-hybridized carbons (Fsp3) is 0.778. The van der Waals surface area contributed by atoms with Gasteiger partial charge in [0.1, 0.15) is 6.04 Å². The average molecular weight is 265 g/mol. The Bertz CT molecular complexity index is 351. The van der Waals surface area contributed by atoms with E-state index in [1.54, 1.807) is 0 Å². The third kappa shape index (κ3) is 4.20. The molecule has 0 aliphatic carbocycles. The van der Waals surface area contributed by atoms with Crippen molar-refractivity contribution in [3.63, 3.8) is 0 Å². The van der Waals surface area contributed by atoms with Crippen molar-refractivity contribution >= 4 is 19.1 Å². The van der Waals surface area contributed by atoms with Crippen LogP contribution in [0.4, 0.5) is 0 Å². The van der Waals surface area contributed by atoms with Crippen LogP contribution in [0.3, 0.4) is 0 Å². The van der Waals surface area contributed by atoms with Crippen LogP contribution in [0, 0.1) is 5.92 Å². The number of carbonyl (C=O) groups is 2. The highest BCUT2D eigenvalue weighted by Gasteiger charge is 2.32. The summed E-state index contributed by atoms with van der Waals surface area (Å²) in [5, 5.41) is 11.8. The van der Waals surface area contributed by atoms with Crippen LogP contribution in [0.1, 0.15) is 25.7 Å². The SMILES string of the molecule is O=C(O)C1NCCCC1CCC(=O)P(=O)(O)O. The number of rotatable bonds is 5. The highest BCUT2D eigenvalue weighted by molar-refractivity contribution is 7.70. The Kier molecular flexibility index (Phi) is 4.82. The lowest BCUT2D eigenvalue weighted by molar-refractivity contribution is -0.141. The Labute approximate surface area is 98.4 Å². The molecular weight excluding hydrogens is 249 g/mol. The molecule has 1 rings (SSSR count). The van der Waals surface area contributed by atoms with E-state index in [1.165, 1.54) is 0 Å². The summed E-state index contributed by atoms with van der Waals surface area (Å²) in [5.74, 6) is -1.24. The quantitative estimate of drug-likeness (QED) is 0.512. The van der Waals surface area contributed by atoms with Gasteiger partial charge in [-0.3, -0.25) is 14.2 Å². The maximum atomic E-state index is 11.1. The second-order valence-corrected chi connectivity index (χ2v) is 5.74. The van der Waals surface area contributed by atoms with Crippen LogP contribution < -0.4 is 5.32 Å². The molecule has 4 N–H and O–H groups in total. The maximum Gasteiger partial charge on any atom is 0.391 e. The van der Waals surface area contributed by atoms with Gasteiger partial charge in [-0.25, -0.2) is 0 Å². The zero-order valence-corrected chi connectivity index (χ0v) is 10.1. The number of hydrogen-bond acceptors (Lipinski definition) is 4. The van der Waals surface area contributed by atoms with E-state index in [4.69, 9.17) is 14.9 Å². The smallest absolute Gasteiger partial charge is 0.391 e. The molecule has 0 radical (unpaired) electrons. The average Bonchev–Trinajstić information content (AvgIpc) is 2.24. The lowest BCUT2D eigenvalue weighted by atomic mass is 9.87. The van der Waals surface area contributed by atoms with Crippen molar-refractivity contribution in [3.05, 3.63) is 0 Å². The van der Waals surface area contributed by atoms with E-state index in [0.717, 1.165) is 6.42 Å². The van der Waals surface area contributed by atoms with Gasteiger partial charge in [0.05, 0.1) is 0 Å². The Morgan fingerprint density at radius 1 is 1.35 bits per heavy atom. The van der Waals surface area contributed by atoms with Crippen molar-refractivity contribution in [2.45, 2.75) is 31.7 Å². The van der Waals surface area contributed by atoms with Gasteiger partial charge in [-0.2, -0.15) is 0 Å². The van der Waals surface area contributed by atoms with Gasteiger partial charge < -0.3 is 20.2 Å². The molecule has 1 aliphatic rings. The normalized spacial score (nSPS) is 25.5. The summed E-state index contributed by atoms with van der Waals surface area (Å²) in [6, 6.07) is -0.728. The van der Waals surface area contributed by atoms with Crippen LogP contribution in [0.15, 0.2) is 0 Å². The third-order valence-corrected chi connectivity index (χ3v) is 3.78. The highest BCUT2D eigenvalue weighted by atomic mass is 31.2. The minimum Gasteiger partial charge on any atom is -0.480 e. The van der Waals surface area contributed by atoms with Gasteiger partial charge in [0.15, 0.2) is 0 Å². The second-order valence-electron chi connectivity index (χ2n) is 4.15. The molecule has 0 spiro atoms. The molecule has 1 fully saturated rings. The van der Waals surface area contributed by atoms with Gasteiger partial charge >= 0.3 is 13.6 Å². The number of carboxylic acid groups (broad SMARTS) is 1. The van der Waals surface area contributed by atoms with Crippen molar-refractivity contribution in [1.29, 1.82) is 0 Å². The molecule has 8 heteroatoms. The molecule has 0 saturated carbocycles. The van der Waals surface area contributed by atoms with Gasteiger partial charge in [0, 0.05) is 6.42 Å². The van der Waals surface area contributed by atoms with Crippen LogP contribution >= 0.6 is 7.60 Å². The molecule has 0 amide bonds. The molecule has 7 nitrogen and oxygen atoms in total. The summed E-state index contributed by atoms with van der Waals surface area (Å²) in [6.07, 6.45) is 1.37. The largest absolute Gasteiger partial charge is 0.480 e. The van der Waals surface area contributed by atoms with Gasteiger partial charge in [0.2, 0.25) is 5.52 Å². The Balaban J connectivity index is 2.52. The van der Waals surface area contributed by atoms with E-state index in [0.29, 0.717) is 13.0 Å². The molecule has 1 heterocycles. The maximum absolute atomic E-state index is 11.1. The summed E-state index contributed by atoms with van der Waals surface area (Å²) in [6.45, 7) is 0.611. The molecule has 17 heavy (non-hydrogen) atoms. The number of aliphatic carboxylic acids is 1. The highest BCUT2D eigenvalue weighted by Crippen LogP contribution is 2.38. The molecule has 0 aromatic rings. The van der Waals surface area contributed by atoms with Crippen LogP contribution in [0.2, 0.25) is 0 Å². The Morgan fingerprint density at radius 2 is 2.00 bits per heavy atom. The van der Waals surface area contributed by atoms with Gasteiger partial charge in [-0.15, -0.1) is 0 Å². The number of carboxylic acids is 1. The van der Waals surface area contributed by atoms with E-state index >= 15 is 0 Å². The molecular formula is C9H16NO6P. The summed E-state index contributed by atoms with van der Waals surface area (Å²) < 4.78 is 10.6. The van der Waals surface area contributed by atoms with Gasteiger partial charge in [0.25, 0.3) is 0 Å². The molecule has 0 bridgehead atoms. The summed E-state index contributed by atoms with van der Waals surface area (Å²) >= 11 is 0. The predicted octanol–water partition coefficient (Wildman–Crippen LogP) is -0.0763. The van der Waals surface area contributed by atoms with E-state index < -0.39 is 25.1 Å². The fourth-order valence-corrected chi connectivity index (χ4v) is 2.43. The lowest BCUT2D eigenvalue weighted by Crippen LogP contribution is -2.46. The first-order chi connectivity index (χ1) is 7.82. The fourth-order valence-electron chi connectivity index (χ4n) is 2.01. The summed E-state index contributed by atoms with van der Waals surface area (Å²) in [4.78, 5) is 39.2. The molecule has 2 atom stereocenters. The predicted molar refractivity (Wildman–Crippen MR) is 58.4 cm³/mol. The first kappa shape index (κ1) is 14.3. The van der Waals surface area contributed by atoms with Crippen LogP contribution in [0.5, 0.6) is 0 Å². The van der Waals surface area contributed by atoms with Gasteiger partial charge in [-0.05, 0) is 31.7 Å². The minimum absolute atomic E-state index is 0.188. The minimum atomic E-state index is -4.67. The zero-order chi connectivity index (χ0) is 13.1. The van der Waals surface area contributed by atoms with Crippen molar-refractivity contribution in [3.8, 4) is 0 Å². The second kappa shape index (κ2) is 5.73. The third-order valence-electron chi connectivity index (χ3n) is 2.91. The number of nitrogens with one attached hydrogen (secondary N) is 1. The van der Waals surface area contributed by atoms with Crippen LogP contribution in [0.25, 0.3) is 0 Å². The monoisotopic (exact) mass is 265 g/mol. The van der Waals surface area contributed by atoms with Crippen LogP contribution in [-0.4, -0.2) is 39.0 Å². The summed E-state index contributed by atoms with van der Waals surface area (Å²) in [5.41, 5.74) is -1.12. The summed E-state index contributed by atoms with van der Waals surface area (Å²) in [7, 11) is -4.67. The molecule has 98 valence electrons. The van der Waals surface area contributed by atoms with Crippen molar-refractivity contribution in [2.24, 2.45) is 5.92 Å². The lowest BCUT2D eigenvalue weighted by Gasteiger charge is -2.29. The van der Waals surface area contributed by atoms with Crippen molar-refractivity contribution in [1.82, 2.24) is 5.32 Å². The molecule has 0 aromatic heterocycles. The topological polar surface area (TPSA) is 124 Å². The number of carbonyl (C=O) groups excluding carboxylic acids is 1. The molecule has 1 saturated heterocycles. The zero-order valence-electron chi connectivity index (χ0n) is 9.20. The van der Waals surface area contributed by atoms with E-state index in [1.807, 2.05) is 0 Å². The van der Waals surface area contributed by atoms with Gasteiger partial charge in [-0.1, -0.05) is 0 Å². The number of hydrogen-bond donors (Lipinski definition) is 4. The van der Waals surface area contributed by atoms with Crippen molar-refractivity contribution in [2.75, 3.05) is 6.54 Å². The number of piperidine rings is 1. The first-order valence-electron chi connectivity index (χ1n) is 5.37. The van der Waals surface area contributed by atoms with E-state index in [-0.39, 0.29) is 18.8 Å². The van der Waals surface area contributed by atoms with E-state index in [2.05, 4.69) is 5.32 Å². The standard InChI is InChI=1S/C9H16NO6P/c11-7(17(14,15)16)4-3-6-2-1-5-10-8(6)9(12)13/h6,8,10H,1-5H2,(H,12,13)(H2,14,15,16). The van der Waals surface area contributed by atoms with Crippen LogP contribution in [-0.2, 0) is 14.2 Å². The molecule has 1 aliphatic heterocycles.